The van der Waals surface area contributed by atoms with Crippen molar-refractivity contribution in [1.29, 1.82) is 0 Å². The predicted molar refractivity (Wildman–Crippen MR) is 78.8 cm³/mol. The standard InChI is InChI=1S/C16H15N3O2/c1-11-8-12(6-7-17-11)16(21)19-9-13-4-2-3-5-14(13)18-15(20)10-19/h2-8H,9-10H2,1H3,(H,18,20). The Balaban J connectivity index is 1.92. The van der Waals surface area contributed by atoms with Crippen LogP contribution >= 0.6 is 0 Å². The van der Waals surface area contributed by atoms with Gasteiger partial charge in [-0.1, -0.05) is 18.2 Å². The topological polar surface area (TPSA) is 62.3 Å². The molecule has 1 aliphatic heterocycles. The Labute approximate surface area is 122 Å². The molecule has 2 amide bonds. The number of fused-ring (bicyclic) bond motifs is 1. The highest BCUT2D eigenvalue weighted by Gasteiger charge is 2.23. The summed E-state index contributed by atoms with van der Waals surface area (Å²) in [4.78, 5) is 30.2. The zero-order valence-electron chi connectivity index (χ0n) is 11.7. The molecule has 5 heteroatoms. The van der Waals surface area contributed by atoms with E-state index in [2.05, 4.69) is 10.3 Å². The molecule has 0 saturated carbocycles. The van der Waals surface area contributed by atoms with E-state index in [9.17, 15) is 9.59 Å². The number of benzene rings is 1. The van der Waals surface area contributed by atoms with Crippen molar-refractivity contribution in [2.24, 2.45) is 0 Å². The molecule has 2 aromatic rings. The summed E-state index contributed by atoms with van der Waals surface area (Å²) in [6.45, 7) is 2.30. The minimum Gasteiger partial charge on any atom is -0.325 e. The van der Waals surface area contributed by atoms with E-state index >= 15 is 0 Å². The molecule has 0 atom stereocenters. The number of hydrogen-bond donors (Lipinski definition) is 1. The lowest BCUT2D eigenvalue weighted by Gasteiger charge is -2.19. The maximum atomic E-state index is 12.6. The highest BCUT2D eigenvalue weighted by atomic mass is 16.2. The van der Waals surface area contributed by atoms with Crippen molar-refractivity contribution in [3.63, 3.8) is 0 Å². The average molecular weight is 281 g/mol. The van der Waals surface area contributed by atoms with Crippen molar-refractivity contribution in [2.75, 3.05) is 11.9 Å². The van der Waals surface area contributed by atoms with Crippen molar-refractivity contribution >= 4 is 17.5 Å². The molecule has 0 saturated heterocycles. The Morgan fingerprint density at radius 1 is 1.24 bits per heavy atom. The molecule has 0 bridgehead atoms. The van der Waals surface area contributed by atoms with Crippen LogP contribution in [-0.4, -0.2) is 28.2 Å². The smallest absolute Gasteiger partial charge is 0.254 e. The monoisotopic (exact) mass is 281 g/mol. The van der Waals surface area contributed by atoms with Gasteiger partial charge in [-0.2, -0.15) is 0 Å². The molecule has 0 fully saturated rings. The Morgan fingerprint density at radius 2 is 2.05 bits per heavy atom. The molecule has 0 aliphatic carbocycles. The lowest BCUT2D eigenvalue weighted by atomic mass is 10.1. The summed E-state index contributed by atoms with van der Waals surface area (Å²) in [6, 6.07) is 10.9. The van der Waals surface area contributed by atoms with Crippen LogP contribution in [0.1, 0.15) is 21.6 Å². The Kier molecular flexibility index (Phi) is 3.39. The minimum absolute atomic E-state index is 0.0505. The van der Waals surface area contributed by atoms with Gasteiger partial charge in [0.2, 0.25) is 5.91 Å². The maximum absolute atomic E-state index is 12.6. The molecule has 21 heavy (non-hydrogen) atoms. The van der Waals surface area contributed by atoms with E-state index < -0.39 is 0 Å². The first-order valence-corrected chi connectivity index (χ1v) is 6.73. The normalized spacial score (nSPS) is 14.1. The van der Waals surface area contributed by atoms with Crippen molar-refractivity contribution < 1.29 is 9.59 Å². The highest BCUT2D eigenvalue weighted by Crippen LogP contribution is 2.21. The second-order valence-corrected chi connectivity index (χ2v) is 5.05. The van der Waals surface area contributed by atoms with Crippen LogP contribution < -0.4 is 5.32 Å². The average Bonchev–Trinajstić information content (AvgIpc) is 2.64. The second-order valence-electron chi connectivity index (χ2n) is 5.05. The highest BCUT2D eigenvalue weighted by molar-refractivity contribution is 6.00. The fourth-order valence-corrected chi connectivity index (χ4v) is 2.41. The van der Waals surface area contributed by atoms with Gasteiger partial charge in [-0.05, 0) is 30.7 Å². The summed E-state index contributed by atoms with van der Waals surface area (Å²) in [5, 5.41) is 2.82. The molecular formula is C16H15N3O2. The van der Waals surface area contributed by atoms with Gasteiger partial charge in [-0.3, -0.25) is 14.6 Å². The van der Waals surface area contributed by atoms with Crippen molar-refractivity contribution in [3.8, 4) is 0 Å². The number of rotatable bonds is 1. The number of carbonyl (C=O) groups excluding carboxylic acids is 2. The summed E-state index contributed by atoms with van der Waals surface area (Å²) >= 11 is 0. The zero-order chi connectivity index (χ0) is 14.8. The summed E-state index contributed by atoms with van der Waals surface area (Å²) in [7, 11) is 0. The zero-order valence-corrected chi connectivity index (χ0v) is 11.7. The Morgan fingerprint density at radius 3 is 2.86 bits per heavy atom. The number of nitrogens with zero attached hydrogens (tertiary/aromatic N) is 2. The van der Waals surface area contributed by atoms with Crippen LogP contribution in [0.15, 0.2) is 42.6 Å². The second kappa shape index (κ2) is 5.36. The van der Waals surface area contributed by atoms with Crippen LogP contribution in [0.25, 0.3) is 0 Å². The molecule has 0 spiro atoms. The number of nitrogens with one attached hydrogen (secondary N) is 1. The van der Waals surface area contributed by atoms with Gasteiger partial charge in [0.15, 0.2) is 0 Å². The van der Waals surface area contributed by atoms with Gasteiger partial charge in [0, 0.05) is 29.7 Å². The largest absolute Gasteiger partial charge is 0.325 e. The Bertz CT molecular complexity index is 712. The van der Waals surface area contributed by atoms with Crippen molar-refractivity contribution in [3.05, 3.63) is 59.4 Å². The SMILES string of the molecule is Cc1cc(C(=O)N2CC(=O)Nc3ccccc3C2)ccn1. The molecule has 3 rings (SSSR count). The molecule has 5 nitrogen and oxygen atoms in total. The van der Waals surface area contributed by atoms with Crippen LogP contribution in [0.2, 0.25) is 0 Å². The van der Waals surface area contributed by atoms with E-state index in [0.717, 1.165) is 16.9 Å². The predicted octanol–water partition coefficient (Wildman–Crippen LogP) is 1.98. The number of para-hydroxylation sites is 1. The molecule has 106 valence electrons. The summed E-state index contributed by atoms with van der Waals surface area (Å²) < 4.78 is 0. The van der Waals surface area contributed by atoms with Gasteiger partial charge in [0.05, 0.1) is 0 Å². The van der Waals surface area contributed by atoms with Crippen LogP contribution in [0.3, 0.4) is 0 Å². The van der Waals surface area contributed by atoms with E-state index in [1.807, 2.05) is 31.2 Å². The number of hydrogen-bond acceptors (Lipinski definition) is 3. The number of pyridine rings is 1. The van der Waals surface area contributed by atoms with Gasteiger partial charge in [0.1, 0.15) is 6.54 Å². The summed E-state index contributed by atoms with van der Waals surface area (Å²) in [5.41, 5.74) is 3.03. The summed E-state index contributed by atoms with van der Waals surface area (Å²) in [5.74, 6) is -0.341. The minimum atomic E-state index is -0.181. The third-order valence-electron chi connectivity index (χ3n) is 3.42. The number of carbonyl (C=O) groups is 2. The molecule has 0 radical (unpaired) electrons. The fraction of sp³-hybridized carbons (Fsp3) is 0.188. The molecule has 1 N–H and O–H groups in total. The summed E-state index contributed by atoms with van der Waals surface area (Å²) in [6.07, 6.45) is 1.61. The van der Waals surface area contributed by atoms with E-state index in [0.29, 0.717) is 12.1 Å². The van der Waals surface area contributed by atoms with Gasteiger partial charge in [-0.25, -0.2) is 0 Å². The van der Waals surface area contributed by atoms with E-state index in [1.54, 1.807) is 23.2 Å². The lowest BCUT2D eigenvalue weighted by Crippen LogP contribution is -2.35. The van der Waals surface area contributed by atoms with E-state index in [-0.39, 0.29) is 18.4 Å². The first-order valence-electron chi connectivity index (χ1n) is 6.73. The van der Waals surface area contributed by atoms with Crippen LogP contribution in [0.5, 0.6) is 0 Å². The first kappa shape index (κ1) is 13.3. The van der Waals surface area contributed by atoms with Gasteiger partial charge < -0.3 is 10.2 Å². The third-order valence-corrected chi connectivity index (χ3v) is 3.42. The fourth-order valence-electron chi connectivity index (χ4n) is 2.41. The maximum Gasteiger partial charge on any atom is 0.254 e. The van der Waals surface area contributed by atoms with Gasteiger partial charge >= 0.3 is 0 Å². The molecule has 1 aliphatic rings. The number of anilines is 1. The van der Waals surface area contributed by atoms with Gasteiger partial charge in [0.25, 0.3) is 5.91 Å². The van der Waals surface area contributed by atoms with Gasteiger partial charge in [-0.15, -0.1) is 0 Å². The lowest BCUT2D eigenvalue weighted by molar-refractivity contribution is -0.116. The molecule has 1 aromatic heterocycles. The van der Waals surface area contributed by atoms with Crippen molar-refractivity contribution in [1.82, 2.24) is 9.88 Å². The van der Waals surface area contributed by atoms with Crippen LogP contribution in [-0.2, 0) is 11.3 Å². The number of aryl methyl sites for hydroxylation is 1. The van der Waals surface area contributed by atoms with Crippen molar-refractivity contribution in [2.45, 2.75) is 13.5 Å². The van der Waals surface area contributed by atoms with Crippen LogP contribution in [0.4, 0.5) is 5.69 Å². The molecule has 2 heterocycles. The first-order chi connectivity index (χ1) is 10.1. The molecule has 0 unspecified atom stereocenters. The molecular weight excluding hydrogens is 266 g/mol. The quantitative estimate of drug-likeness (QED) is 0.869. The molecule has 1 aromatic carbocycles. The van der Waals surface area contributed by atoms with Crippen LogP contribution in [0, 0.1) is 6.92 Å². The van der Waals surface area contributed by atoms with E-state index in [4.69, 9.17) is 0 Å². The number of aromatic nitrogens is 1. The Hall–Kier alpha value is -2.69. The van der Waals surface area contributed by atoms with E-state index in [1.165, 1.54) is 0 Å². The third kappa shape index (κ3) is 2.76. The number of amides is 2.